The second-order valence-corrected chi connectivity index (χ2v) is 11.9. The number of aryl methyl sites for hydroxylation is 1. The fourth-order valence-electron chi connectivity index (χ4n) is 5.93. The summed E-state index contributed by atoms with van der Waals surface area (Å²) in [6.07, 6.45) is 6.16. The molecule has 45 heavy (non-hydrogen) atoms. The number of nitrogens with one attached hydrogen (secondary N) is 1. The normalized spacial score (nSPS) is 17.0. The van der Waals surface area contributed by atoms with Crippen LogP contribution < -0.4 is 11.1 Å². The quantitative estimate of drug-likeness (QED) is 0.331. The van der Waals surface area contributed by atoms with Crippen LogP contribution in [-0.4, -0.2) is 99.5 Å². The van der Waals surface area contributed by atoms with Crippen LogP contribution in [0.5, 0.6) is 0 Å². The fraction of sp³-hybridized carbons (Fsp3) is 0.324. The van der Waals surface area contributed by atoms with Crippen molar-refractivity contribution in [1.29, 1.82) is 0 Å². The number of anilines is 1. The molecule has 0 spiro atoms. The Hall–Kier alpha value is -5.03. The van der Waals surface area contributed by atoms with Crippen molar-refractivity contribution in [3.8, 4) is 22.3 Å². The molecule has 4 heterocycles. The Morgan fingerprint density at radius 1 is 0.867 bits per heavy atom. The number of hydrogen-bond donors (Lipinski definition) is 2. The molecule has 3 amide bonds. The monoisotopic (exact) mass is 606 g/mol. The van der Waals surface area contributed by atoms with E-state index >= 15 is 0 Å². The standard InChI is InChI=1S/C34H38N8O3/c1-39-11-13-41(14-12-39)31(43)16-23-5-3-6-24(15-23)25-7-4-8-26(17-25)34(45)42-10-9-29(22-42)38-33(44)30-18-27(19-36-32(30)35)28-20-37-40(2)21-28/h3-8,15,17-21,29H,9-14,16,22H2,1-2H3,(H2,35,36)(H,38,44)/t29-/m1/s1. The molecule has 11 nitrogen and oxygen atoms in total. The molecule has 2 saturated heterocycles. The van der Waals surface area contributed by atoms with Crippen LogP contribution in [0.15, 0.2) is 73.2 Å². The van der Waals surface area contributed by atoms with Gasteiger partial charge in [0, 0.05) is 81.4 Å². The number of nitrogens with two attached hydrogens (primary N) is 1. The molecule has 2 aliphatic rings. The number of likely N-dealkylation sites (N-methyl/N-ethyl adjacent to an activating group) is 1. The van der Waals surface area contributed by atoms with E-state index in [2.05, 4.69) is 27.3 Å². The van der Waals surface area contributed by atoms with E-state index in [1.54, 1.807) is 28.0 Å². The van der Waals surface area contributed by atoms with Gasteiger partial charge in [-0.05, 0) is 48.4 Å². The van der Waals surface area contributed by atoms with Crippen molar-refractivity contribution in [2.24, 2.45) is 7.05 Å². The molecule has 0 radical (unpaired) electrons. The highest BCUT2D eigenvalue weighted by molar-refractivity contribution is 6.00. The molecule has 0 bridgehead atoms. The molecule has 232 valence electrons. The molecule has 2 aliphatic heterocycles. The first kappa shape index (κ1) is 30.0. The van der Waals surface area contributed by atoms with Gasteiger partial charge in [-0.15, -0.1) is 0 Å². The van der Waals surface area contributed by atoms with Crippen molar-refractivity contribution in [2.75, 3.05) is 52.0 Å². The Bertz CT molecular complexity index is 1730. The van der Waals surface area contributed by atoms with Gasteiger partial charge < -0.3 is 25.8 Å². The molecule has 2 fully saturated rings. The van der Waals surface area contributed by atoms with E-state index in [-0.39, 0.29) is 29.6 Å². The van der Waals surface area contributed by atoms with Gasteiger partial charge in [-0.3, -0.25) is 19.1 Å². The zero-order chi connectivity index (χ0) is 31.5. The Kier molecular flexibility index (Phi) is 8.61. The zero-order valence-corrected chi connectivity index (χ0v) is 25.6. The summed E-state index contributed by atoms with van der Waals surface area (Å²) in [5.74, 6) is -0.122. The van der Waals surface area contributed by atoms with Crippen LogP contribution in [0.3, 0.4) is 0 Å². The average Bonchev–Trinajstić information content (AvgIpc) is 3.70. The third-order valence-electron chi connectivity index (χ3n) is 8.59. The predicted molar refractivity (Wildman–Crippen MR) is 172 cm³/mol. The van der Waals surface area contributed by atoms with E-state index < -0.39 is 0 Å². The fourth-order valence-corrected chi connectivity index (χ4v) is 5.93. The smallest absolute Gasteiger partial charge is 0.255 e. The molecule has 4 aromatic rings. The summed E-state index contributed by atoms with van der Waals surface area (Å²) in [5, 5.41) is 7.22. The summed E-state index contributed by atoms with van der Waals surface area (Å²) < 4.78 is 1.68. The minimum absolute atomic E-state index is 0.0882. The van der Waals surface area contributed by atoms with Gasteiger partial charge in [0.15, 0.2) is 0 Å². The largest absolute Gasteiger partial charge is 0.383 e. The van der Waals surface area contributed by atoms with Crippen LogP contribution in [0.1, 0.15) is 32.7 Å². The van der Waals surface area contributed by atoms with Crippen LogP contribution in [0.25, 0.3) is 22.3 Å². The summed E-state index contributed by atoms with van der Waals surface area (Å²) in [6.45, 7) is 4.22. The first-order chi connectivity index (χ1) is 21.7. The number of nitrogens with zero attached hydrogens (tertiary/aromatic N) is 6. The van der Waals surface area contributed by atoms with Gasteiger partial charge in [0.05, 0.1) is 18.2 Å². The van der Waals surface area contributed by atoms with E-state index in [1.165, 1.54) is 0 Å². The molecule has 11 heteroatoms. The summed E-state index contributed by atoms with van der Waals surface area (Å²) in [4.78, 5) is 49.7. The van der Waals surface area contributed by atoms with Gasteiger partial charge >= 0.3 is 0 Å². The summed E-state index contributed by atoms with van der Waals surface area (Å²) in [7, 11) is 3.90. The van der Waals surface area contributed by atoms with Crippen molar-refractivity contribution >= 4 is 23.5 Å². The molecular formula is C34H38N8O3. The zero-order valence-electron chi connectivity index (χ0n) is 25.6. The van der Waals surface area contributed by atoms with Crippen molar-refractivity contribution in [2.45, 2.75) is 18.9 Å². The van der Waals surface area contributed by atoms with E-state index in [0.29, 0.717) is 37.1 Å². The van der Waals surface area contributed by atoms with Crippen LogP contribution in [-0.2, 0) is 18.3 Å². The van der Waals surface area contributed by atoms with Crippen LogP contribution >= 0.6 is 0 Å². The number of nitrogen functional groups attached to an aromatic ring is 1. The van der Waals surface area contributed by atoms with Gasteiger partial charge in [-0.1, -0.05) is 36.4 Å². The number of amides is 3. The van der Waals surface area contributed by atoms with E-state index in [9.17, 15) is 14.4 Å². The first-order valence-corrected chi connectivity index (χ1v) is 15.2. The van der Waals surface area contributed by atoms with Gasteiger partial charge in [0.1, 0.15) is 5.82 Å². The van der Waals surface area contributed by atoms with Crippen LogP contribution in [0, 0.1) is 0 Å². The average molecular weight is 607 g/mol. The predicted octanol–water partition coefficient (Wildman–Crippen LogP) is 2.69. The third kappa shape index (κ3) is 6.88. The number of rotatable bonds is 7. The number of pyridine rings is 1. The molecule has 6 rings (SSSR count). The van der Waals surface area contributed by atoms with Crippen LogP contribution in [0.4, 0.5) is 5.82 Å². The lowest BCUT2D eigenvalue weighted by Crippen LogP contribution is -2.47. The topological polar surface area (TPSA) is 130 Å². The second-order valence-electron chi connectivity index (χ2n) is 11.9. The maximum Gasteiger partial charge on any atom is 0.255 e. The van der Waals surface area contributed by atoms with Gasteiger partial charge in [-0.25, -0.2) is 4.98 Å². The van der Waals surface area contributed by atoms with Crippen molar-refractivity contribution in [1.82, 2.24) is 34.8 Å². The lowest BCUT2D eigenvalue weighted by Gasteiger charge is -2.32. The van der Waals surface area contributed by atoms with E-state index in [4.69, 9.17) is 5.73 Å². The number of carbonyl (C=O) groups is 3. The summed E-state index contributed by atoms with van der Waals surface area (Å²) >= 11 is 0. The molecular weight excluding hydrogens is 568 g/mol. The Labute approximate surface area is 262 Å². The summed E-state index contributed by atoms with van der Waals surface area (Å²) in [5.41, 5.74) is 11.3. The molecule has 2 aromatic carbocycles. The number of hydrogen-bond acceptors (Lipinski definition) is 7. The van der Waals surface area contributed by atoms with Gasteiger partial charge in [0.25, 0.3) is 11.8 Å². The van der Waals surface area contributed by atoms with Gasteiger partial charge in [-0.2, -0.15) is 5.10 Å². The lowest BCUT2D eigenvalue weighted by atomic mass is 9.99. The van der Waals surface area contributed by atoms with Crippen molar-refractivity contribution in [3.63, 3.8) is 0 Å². The highest BCUT2D eigenvalue weighted by atomic mass is 16.2. The minimum Gasteiger partial charge on any atom is -0.383 e. The van der Waals surface area contributed by atoms with Crippen molar-refractivity contribution in [3.05, 3.63) is 89.9 Å². The lowest BCUT2D eigenvalue weighted by molar-refractivity contribution is -0.132. The second kappa shape index (κ2) is 12.9. The maximum absolute atomic E-state index is 13.5. The minimum atomic E-state index is -0.321. The maximum atomic E-state index is 13.5. The van der Waals surface area contributed by atoms with Crippen LogP contribution in [0.2, 0.25) is 0 Å². The number of aromatic nitrogens is 3. The highest BCUT2D eigenvalue weighted by Crippen LogP contribution is 2.25. The Morgan fingerprint density at radius 3 is 2.38 bits per heavy atom. The van der Waals surface area contributed by atoms with E-state index in [0.717, 1.165) is 54.0 Å². The highest BCUT2D eigenvalue weighted by Gasteiger charge is 2.29. The first-order valence-electron chi connectivity index (χ1n) is 15.2. The number of benzene rings is 2. The van der Waals surface area contributed by atoms with Gasteiger partial charge in [0.2, 0.25) is 5.91 Å². The molecule has 0 saturated carbocycles. The third-order valence-corrected chi connectivity index (χ3v) is 8.59. The van der Waals surface area contributed by atoms with E-state index in [1.807, 2.05) is 66.7 Å². The molecule has 3 N–H and O–H groups in total. The number of piperazine rings is 1. The Morgan fingerprint density at radius 2 is 1.62 bits per heavy atom. The number of carbonyl (C=O) groups excluding carboxylic acids is 3. The Balaban J connectivity index is 1.08. The SMILES string of the molecule is CN1CCN(C(=O)Cc2cccc(-c3cccc(C(=O)N4CC[C@@H](NC(=O)c5cc(-c6cnn(C)c6)cnc5N)C4)c3)c2)CC1. The van der Waals surface area contributed by atoms with Crippen molar-refractivity contribution < 1.29 is 14.4 Å². The summed E-state index contributed by atoms with van der Waals surface area (Å²) in [6, 6.07) is 17.0. The molecule has 1 atom stereocenters. The molecule has 0 aliphatic carbocycles. The molecule has 2 aromatic heterocycles. The molecule has 0 unspecified atom stereocenters. The number of likely N-dealkylation sites (tertiary alicyclic amines) is 1.